The van der Waals surface area contributed by atoms with Crippen molar-refractivity contribution in [1.29, 1.82) is 0 Å². The van der Waals surface area contributed by atoms with Crippen molar-refractivity contribution in [3.05, 3.63) is 29.6 Å². The fraction of sp³-hybridized carbons (Fsp3) is 0.500. The Morgan fingerprint density at radius 2 is 2.20 bits per heavy atom. The van der Waals surface area contributed by atoms with Crippen LogP contribution in [-0.2, 0) is 0 Å². The number of pyridine rings is 1. The number of hydrogen-bond donors (Lipinski definition) is 2. The second-order valence-corrected chi connectivity index (χ2v) is 5.19. The molecule has 0 aromatic carbocycles. The minimum absolute atomic E-state index is 0.0726. The second kappa shape index (κ2) is 6.00. The van der Waals surface area contributed by atoms with Gasteiger partial charge in [-0.15, -0.1) is 0 Å². The average Bonchev–Trinajstić information content (AvgIpc) is 3.28. The van der Waals surface area contributed by atoms with Crippen molar-refractivity contribution in [2.75, 3.05) is 13.6 Å². The van der Waals surface area contributed by atoms with Gasteiger partial charge in [-0.3, -0.25) is 14.7 Å². The first-order valence-corrected chi connectivity index (χ1v) is 6.68. The molecular weight excluding hydrogens is 258 g/mol. The summed E-state index contributed by atoms with van der Waals surface area (Å²) in [6.07, 6.45) is 3.65. The molecule has 6 heteroatoms. The van der Waals surface area contributed by atoms with Crippen LogP contribution in [-0.4, -0.2) is 52.5 Å². The number of carboxylic acid groups (broad SMARTS) is 1. The largest absolute Gasteiger partial charge is 0.478 e. The average molecular weight is 277 g/mol. The third-order valence-corrected chi connectivity index (χ3v) is 3.62. The predicted octanol–water partition coefficient (Wildman–Crippen LogP) is 0.992. The summed E-state index contributed by atoms with van der Waals surface area (Å²) in [7, 11) is 2.06. The molecule has 1 fully saturated rings. The van der Waals surface area contributed by atoms with Crippen LogP contribution in [0.3, 0.4) is 0 Å². The van der Waals surface area contributed by atoms with Gasteiger partial charge in [0.1, 0.15) is 5.69 Å². The Hall–Kier alpha value is -1.95. The number of hydrogen-bond acceptors (Lipinski definition) is 4. The lowest BCUT2D eigenvalue weighted by Gasteiger charge is -2.24. The molecule has 0 radical (unpaired) electrons. The van der Waals surface area contributed by atoms with Crippen LogP contribution in [0.25, 0.3) is 0 Å². The summed E-state index contributed by atoms with van der Waals surface area (Å²) in [6.45, 7) is 2.62. The highest BCUT2D eigenvalue weighted by Crippen LogP contribution is 2.26. The first-order chi connectivity index (χ1) is 9.49. The van der Waals surface area contributed by atoms with Crippen molar-refractivity contribution >= 4 is 11.9 Å². The van der Waals surface area contributed by atoms with Crippen LogP contribution < -0.4 is 5.32 Å². The minimum Gasteiger partial charge on any atom is -0.478 e. The van der Waals surface area contributed by atoms with Gasteiger partial charge in [0.25, 0.3) is 5.91 Å². The summed E-state index contributed by atoms with van der Waals surface area (Å²) in [6, 6.07) is 3.72. The van der Waals surface area contributed by atoms with Gasteiger partial charge in [-0.25, -0.2) is 4.79 Å². The molecule has 2 N–H and O–H groups in total. The van der Waals surface area contributed by atoms with Gasteiger partial charge in [-0.1, -0.05) is 0 Å². The lowest BCUT2D eigenvalue weighted by molar-refractivity contribution is 0.0695. The Labute approximate surface area is 117 Å². The molecule has 1 atom stereocenters. The fourth-order valence-corrected chi connectivity index (χ4v) is 1.97. The van der Waals surface area contributed by atoms with Gasteiger partial charge in [0, 0.05) is 24.8 Å². The van der Waals surface area contributed by atoms with E-state index in [1.165, 1.54) is 31.2 Å². The summed E-state index contributed by atoms with van der Waals surface area (Å²) in [5, 5.41) is 11.6. The third-order valence-electron chi connectivity index (χ3n) is 3.62. The van der Waals surface area contributed by atoms with E-state index in [1.807, 2.05) is 0 Å². The summed E-state index contributed by atoms with van der Waals surface area (Å²) in [5.41, 5.74) is 0.305. The summed E-state index contributed by atoms with van der Waals surface area (Å²) in [4.78, 5) is 28.7. The first kappa shape index (κ1) is 14.5. The molecule has 1 heterocycles. The summed E-state index contributed by atoms with van der Waals surface area (Å²) in [5.74, 6) is -1.33. The van der Waals surface area contributed by atoms with Gasteiger partial charge in [0.05, 0.1) is 5.56 Å². The molecule has 2 rings (SSSR count). The quantitative estimate of drug-likeness (QED) is 0.810. The Morgan fingerprint density at radius 1 is 1.50 bits per heavy atom. The van der Waals surface area contributed by atoms with Crippen LogP contribution in [0.15, 0.2) is 18.3 Å². The number of nitrogens with zero attached hydrogens (tertiary/aromatic N) is 2. The number of nitrogens with one attached hydrogen (secondary N) is 1. The van der Waals surface area contributed by atoms with E-state index in [-0.39, 0.29) is 23.2 Å². The molecule has 1 unspecified atom stereocenters. The number of carbonyl (C=O) groups is 2. The van der Waals surface area contributed by atoms with Crippen LogP contribution in [0.2, 0.25) is 0 Å². The number of carbonyl (C=O) groups excluding carboxylic acids is 1. The zero-order valence-corrected chi connectivity index (χ0v) is 11.7. The number of likely N-dealkylation sites (N-methyl/N-ethyl adjacent to an activating group) is 1. The molecule has 1 aliphatic carbocycles. The number of carboxylic acids is 1. The monoisotopic (exact) mass is 277 g/mol. The maximum atomic E-state index is 11.9. The molecule has 20 heavy (non-hydrogen) atoms. The van der Waals surface area contributed by atoms with Crippen molar-refractivity contribution in [3.8, 4) is 0 Å². The standard InChI is InChI=1S/C14H19N3O3/c1-9(17(2)11-4-5-11)7-16-13(18)12-6-3-10(8-15-12)14(19)20/h3,6,8-9,11H,4-5,7H2,1-2H3,(H,16,18)(H,19,20). The predicted molar refractivity (Wildman–Crippen MR) is 73.8 cm³/mol. The van der Waals surface area contributed by atoms with Crippen molar-refractivity contribution in [3.63, 3.8) is 0 Å². The SMILES string of the molecule is CC(CNC(=O)c1ccc(C(=O)O)cn1)N(C)C1CC1. The minimum atomic E-state index is -1.05. The summed E-state index contributed by atoms with van der Waals surface area (Å²) < 4.78 is 0. The number of rotatable bonds is 6. The van der Waals surface area contributed by atoms with Crippen LogP contribution in [0, 0.1) is 0 Å². The number of amides is 1. The van der Waals surface area contributed by atoms with E-state index in [0.29, 0.717) is 12.6 Å². The van der Waals surface area contributed by atoms with Gasteiger partial charge in [0.15, 0.2) is 0 Å². The molecular formula is C14H19N3O3. The molecule has 6 nitrogen and oxygen atoms in total. The highest BCUT2D eigenvalue weighted by Gasteiger charge is 2.29. The van der Waals surface area contributed by atoms with Gasteiger partial charge >= 0.3 is 5.97 Å². The molecule has 1 aromatic heterocycles. The van der Waals surface area contributed by atoms with Gasteiger partial charge in [0.2, 0.25) is 0 Å². The third kappa shape index (κ3) is 3.54. The maximum absolute atomic E-state index is 11.9. The van der Waals surface area contributed by atoms with Crippen molar-refractivity contribution in [2.24, 2.45) is 0 Å². The molecule has 0 spiro atoms. The topological polar surface area (TPSA) is 82.5 Å². The Bertz CT molecular complexity index is 497. The van der Waals surface area contributed by atoms with Gasteiger partial charge < -0.3 is 10.4 Å². The van der Waals surface area contributed by atoms with Crippen LogP contribution in [0.1, 0.15) is 40.6 Å². The fourth-order valence-electron chi connectivity index (χ4n) is 1.97. The Balaban J connectivity index is 1.86. The Morgan fingerprint density at radius 3 is 2.70 bits per heavy atom. The van der Waals surface area contributed by atoms with E-state index in [9.17, 15) is 9.59 Å². The van der Waals surface area contributed by atoms with Crippen molar-refractivity contribution in [1.82, 2.24) is 15.2 Å². The number of aromatic nitrogens is 1. The van der Waals surface area contributed by atoms with Crippen molar-refractivity contribution < 1.29 is 14.7 Å². The first-order valence-electron chi connectivity index (χ1n) is 6.68. The zero-order valence-electron chi connectivity index (χ0n) is 11.7. The van der Waals surface area contributed by atoms with E-state index >= 15 is 0 Å². The summed E-state index contributed by atoms with van der Waals surface area (Å²) >= 11 is 0. The highest BCUT2D eigenvalue weighted by molar-refractivity contribution is 5.93. The molecule has 0 bridgehead atoms. The van der Waals surface area contributed by atoms with Crippen LogP contribution >= 0.6 is 0 Å². The van der Waals surface area contributed by atoms with E-state index in [2.05, 4.69) is 29.2 Å². The Kier molecular flexibility index (Phi) is 4.34. The molecule has 108 valence electrons. The second-order valence-electron chi connectivity index (χ2n) is 5.19. The van der Waals surface area contributed by atoms with E-state index < -0.39 is 5.97 Å². The molecule has 1 amide bonds. The zero-order chi connectivity index (χ0) is 14.7. The van der Waals surface area contributed by atoms with E-state index in [1.54, 1.807) is 0 Å². The van der Waals surface area contributed by atoms with E-state index in [4.69, 9.17) is 5.11 Å². The van der Waals surface area contributed by atoms with Gasteiger partial charge in [-0.2, -0.15) is 0 Å². The molecule has 1 aromatic rings. The number of aromatic carboxylic acids is 1. The smallest absolute Gasteiger partial charge is 0.337 e. The van der Waals surface area contributed by atoms with Crippen molar-refractivity contribution in [2.45, 2.75) is 31.8 Å². The molecule has 0 aliphatic heterocycles. The van der Waals surface area contributed by atoms with Crippen LogP contribution in [0.4, 0.5) is 0 Å². The lowest BCUT2D eigenvalue weighted by atomic mass is 10.2. The normalized spacial score (nSPS) is 15.9. The highest BCUT2D eigenvalue weighted by atomic mass is 16.4. The maximum Gasteiger partial charge on any atom is 0.337 e. The molecule has 0 saturated heterocycles. The van der Waals surface area contributed by atoms with Gasteiger partial charge in [-0.05, 0) is 38.9 Å². The van der Waals surface area contributed by atoms with Crippen LogP contribution in [0.5, 0.6) is 0 Å². The lowest BCUT2D eigenvalue weighted by Crippen LogP contribution is -2.41. The molecule has 1 saturated carbocycles. The molecule has 1 aliphatic rings. The van der Waals surface area contributed by atoms with E-state index in [0.717, 1.165) is 0 Å².